The van der Waals surface area contributed by atoms with Crippen LogP contribution in [0.2, 0.25) is 0 Å². The molecule has 0 fully saturated rings. The van der Waals surface area contributed by atoms with Crippen molar-refractivity contribution in [2.24, 2.45) is 0 Å². The molecule has 0 bridgehead atoms. The van der Waals surface area contributed by atoms with E-state index >= 15 is 0 Å². The average Bonchev–Trinajstić information content (AvgIpc) is 2.34. The minimum absolute atomic E-state index is 0.141. The number of rotatable bonds is 5. The van der Waals surface area contributed by atoms with E-state index in [4.69, 9.17) is 5.11 Å². The first kappa shape index (κ1) is 13.5. The van der Waals surface area contributed by atoms with Gasteiger partial charge in [0.25, 0.3) is 0 Å². The maximum absolute atomic E-state index is 11.8. The van der Waals surface area contributed by atoms with Crippen LogP contribution in [0.3, 0.4) is 0 Å². The predicted octanol–water partition coefficient (Wildman–Crippen LogP) is 0.531. The Morgan fingerprint density at radius 1 is 1.28 bits per heavy atom. The van der Waals surface area contributed by atoms with E-state index in [0.29, 0.717) is 11.4 Å². The molecular weight excluding hydrogens is 250 g/mol. The first-order valence-corrected chi connectivity index (χ1v) is 7.95. The fraction of sp³-hybridized carbons (Fsp3) is 0.538. The molecule has 0 spiro atoms. The van der Waals surface area contributed by atoms with Gasteiger partial charge >= 0.3 is 0 Å². The zero-order valence-corrected chi connectivity index (χ0v) is 11.2. The van der Waals surface area contributed by atoms with Crippen LogP contribution >= 0.6 is 0 Å². The maximum atomic E-state index is 11.8. The Kier molecular flexibility index (Phi) is 4.37. The number of hydrogen-bond acceptors (Lipinski definition) is 4. The molecule has 1 aliphatic heterocycles. The molecule has 4 nitrogen and oxygen atoms in total. The summed E-state index contributed by atoms with van der Waals surface area (Å²) >= 11 is 0. The number of aliphatic hydroxyl groups excluding tert-OH is 1. The third kappa shape index (κ3) is 3.10. The molecule has 0 amide bonds. The largest absolute Gasteiger partial charge is 0.395 e. The first-order valence-electron chi connectivity index (χ1n) is 6.29. The van der Waals surface area contributed by atoms with Crippen LogP contribution in [-0.4, -0.2) is 39.0 Å². The summed E-state index contributed by atoms with van der Waals surface area (Å²) in [6.07, 6.45) is 2.43. The van der Waals surface area contributed by atoms with Gasteiger partial charge in [-0.1, -0.05) is 12.1 Å². The topological polar surface area (TPSA) is 66.4 Å². The SMILES string of the molecule is O=S1(=O)CCCc2cc(CCNCCO)ccc21. The smallest absolute Gasteiger partial charge is 0.178 e. The molecule has 0 unspecified atom stereocenters. The molecule has 18 heavy (non-hydrogen) atoms. The van der Waals surface area contributed by atoms with Crippen molar-refractivity contribution < 1.29 is 13.5 Å². The van der Waals surface area contributed by atoms with E-state index in [2.05, 4.69) is 5.32 Å². The van der Waals surface area contributed by atoms with Crippen molar-refractivity contribution in [1.82, 2.24) is 5.32 Å². The zero-order chi connectivity index (χ0) is 13.0. The summed E-state index contributed by atoms with van der Waals surface area (Å²) in [4.78, 5) is 0.515. The molecule has 0 saturated heterocycles. The second kappa shape index (κ2) is 5.82. The molecule has 100 valence electrons. The molecule has 2 N–H and O–H groups in total. The highest BCUT2D eigenvalue weighted by Gasteiger charge is 2.23. The number of fused-ring (bicyclic) bond motifs is 1. The Hall–Kier alpha value is -0.910. The molecule has 5 heteroatoms. The van der Waals surface area contributed by atoms with Crippen LogP contribution in [-0.2, 0) is 22.7 Å². The molecule has 0 radical (unpaired) electrons. The molecule has 0 saturated carbocycles. The van der Waals surface area contributed by atoms with Gasteiger partial charge in [-0.05, 0) is 43.0 Å². The zero-order valence-electron chi connectivity index (χ0n) is 10.4. The third-order valence-electron chi connectivity index (χ3n) is 3.20. The van der Waals surface area contributed by atoms with Crippen molar-refractivity contribution in [3.05, 3.63) is 29.3 Å². The number of nitrogens with one attached hydrogen (secondary N) is 1. The number of sulfone groups is 1. The summed E-state index contributed by atoms with van der Waals surface area (Å²) < 4.78 is 23.7. The van der Waals surface area contributed by atoms with Gasteiger partial charge in [0.1, 0.15) is 0 Å². The number of benzene rings is 1. The van der Waals surface area contributed by atoms with Crippen molar-refractivity contribution in [1.29, 1.82) is 0 Å². The highest BCUT2D eigenvalue weighted by atomic mass is 32.2. The van der Waals surface area contributed by atoms with Crippen LogP contribution in [0.4, 0.5) is 0 Å². The second-order valence-corrected chi connectivity index (χ2v) is 6.67. The van der Waals surface area contributed by atoms with Crippen molar-refractivity contribution >= 4 is 9.84 Å². The molecule has 1 aromatic carbocycles. The van der Waals surface area contributed by atoms with Gasteiger partial charge < -0.3 is 10.4 Å². The van der Waals surface area contributed by atoms with Crippen LogP contribution in [0.15, 0.2) is 23.1 Å². The summed E-state index contributed by atoms with van der Waals surface area (Å²) in [6, 6.07) is 5.64. The van der Waals surface area contributed by atoms with E-state index < -0.39 is 9.84 Å². The van der Waals surface area contributed by atoms with Crippen LogP contribution in [0.5, 0.6) is 0 Å². The molecule has 1 heterocycles. The van der Waals surface area contributed by atoms with Gasteiger partial charge in [-0.3, -0.25) is 0 Å². The molecule has 2 rings (SSSR count). The lowest BCUT2D eigenvalue weighted by molar-refractivity contribution is 0.293. The molecule has 0 aliphatic carbocycles. The van der Waals surface area contributed by atoms with Gasteiger partial charge in [0.15, 0.2) is 9.84 Å². The number of aliphatic hydroxyl groups is 1. The van der Waals surface area contributed by atoms with E-state index in [-0.39, 0.29) is 12.4 Å². The lowest BCUT2D eigenvalue weighted by atomic mass is 10.0. The van der Waals surface area contributed by atoms with Gasteiger partial charge in [0.2, 0.25) is 0 Å². The van der Waals surface area contributed by atoms with Crippen molar-refractivity contribution in [2.45, 2.75) is 24.2 Å². The lowest BCUT2D eigenvalue weighted by Gasteiger charge is -2.17. The summed E-state index contributed by atoms with van der Waals surface area (Å²) in [5.41, 5.74) is 2.11. The Morgan fingerprint density at radius 2 is 2.11 bits per heavy atom. The highest BCUT2D eigenvalue weighted by Crippen LogP contribution is 2.25. The standard InChI is InChI=1S/C13H19NO3S/c15-8-7-14-6-5-11-3-4-13-12(10-11)2-1-9-18(13,16)17/h3-4,10,14-15H,1-2,5-9H2. The van der Waals surface area contributed by atoms with Crippen molar-refractivity contribution in [3.8, 4) is 0 Å². The van der Waals surface area contributed by atoms with Gasteiger partial charge in [0, 0.05) is 6.54 Å². The predicted molar refractivity (Wildman–Crippen MR) is 70.5 cm³/mol. The Labute approximate surface area is 108 Å². The normalized spacial score (nSPS) is 17.4. The van der Waals surface area contributed by atoms with E-state index in [1.54, 1.807) is 6.07 Å². The highest BCUT2D eigenvalue weighted by molar-refractivity contribution is 7.91. The maximum Gasteiger partial charge on any atom is 0.178 e. The van der Waals surface area contributed by atoms with Crippen LogP contribution in [0.1, 0.15) is 17.5 Å². The van der Waals surface area contributed by atoms with Crippen molar-refractivity contribution in [2.75, 3.05) is 25.4 Å². The van der Waals surface area contributed by atoms with Crippen molar-refractivity contribution in [3.63, 3.8) is 0 Å². The summed E-state index contributed by atoms with van der Waals surface area (Å²) in [6.45, 7) is 1.54. The van der Waals surface area contributed by atoms with E-state index in [1.807, 2.05) is 12.1 Å². The Bertz CT molecular complexity index is 511. The van der Waals surface area contributed by atoms with Gasteiger partial charge in [-0.2, -0.15) is 0 Å². The van der Waals surface area contributed by atoms with Gasteiger partial charge in [0.05, 0.1) is 17.3 Å². The van der Waals surface area contributed by atoms with Gasteiger partial charge in [-0.15, -0.1) is 0 Å². The first-order chi connectivity index (χ1) is 8.63. The molecule has 1 aliphatic rings. The van der Waals surface area contributed by atoms with E-state index in [0.717, 1.165) is 36.9 Å². The average molecular weight is 269 g/mol. The summed E-state index contributed by atoms with van der Waals surface area (Å²) in [7, 11) is -3.04. The summed E-state index contributed by atoms with van der Waals surface area (Å²) in [5, 5.41) is 11.8. The molecule has 0 aromatic heterocycles. The second-order valence-electron chi connectivity index (χ2n) is 4.59. The minimum atomic E-state index is -3.04. The van der Waals surface area contributed by atoms with Crippen LogP contribution < -0.4 is 5.32 Å². The Morgan fingerprint density at radius 3 is 2.89 bits per heavy atom. The lowest BCUT2D eigenvalue weighted by Crippen LogP contribution is -2.21. The fourth-order valence-corrected chi connectivity index (χ4v) is 3.87. The Balaban J connectivity index is 2.08. The minimum Gasteiger partial charge on any atom is -0.395 e. The quantitative estimate of drug-likeness (QED) is 0.765. The van der Waals surface area contributed by atoms with E-state index in [9.17, 15) is 8.42 Å². The monoisotopic (exact) mass is 269 g/mol. The third-order valence-corrected chi connectivity index (χ3v) is 5.09. The van der Waals surface area contributed by atoms with E-state index in [1.165, 1.54) is 0 Å². The number of aryl methyl sites for hydroxylation is 1. The number of hydrogen-bond donors (Lipinski definition) is 2. The molecule has 0 atom stereocenters. The van der Waals surface area contributed by atoms with Gasteiger partial charge in [-0.25, -0.2) is 8.42 Å². The molecular formula is C13H19NO3S. The van der Waals surface area contributed by atoms with Crippen LogP contribution in [0, 0.1) is 0 Å². The van der Waals surface area contributed by atoms with Crippen LogP contribution in [0.25, 0.3) is 0 Å². The summed E-state index contributed by atoms with van der Waals surface area (Å²) in [5.74, 6) is 0.275. The molecule has 1 aromatic rings. The fourth-order valence-electron chi connectivity index (χ4n) is 2.29.